The number of fused-ring (bicyclic) bond motifs is 1. The molecule has 15 heavy (non-hydrogen) atoms. The third kappa shape index (κ3) is 1.41. The largest absolute Gasteiger partial charge is 0.461 e. The van der Waals surface area contributed by atoms with Crippen molar-refractivity contribution in [2.45, 2.75) is 26.2 Å². The summed E-state index contributed by atoms with van der Waals surface area (Å²) in [5, 5.41) is 10.2. The first-order chi connectivity index (χ1) is 7.06. The lowest BCUT2D eigenvalue weighted by Gasteiger charge is -2.14. The van der Waals surface area contributed by atoms with Gasteiger partial charge in [-0.15, -0.1) is 0 Å². The molecular weight excluding hydrogens is 186 g/mol. The maximum atomic E-state index is 9.16. The lowest BCUT2D eigenvalue weighted by molar-refractivity contribution is 0.555. The van der Waals surface area contributed by atoms with Crippen molar-refractivity contribution >= 4 is 11.0 Å². The minimum absolute atomic E-state index is 0.503. The predicted octanol–water partition coefficient (Wildman–Crippen LogP) is 3.54. The first-order valence-electron chi connectivity index (χ1n) is 4.96. The van der Waals surface area contributed by atoms with Gasteiger partial charge in [0.25, 0.3) is 0 Å². The van der Waals surface area contributed by atoms with Gasteiger partial charge in [0.05, 0.1) is 11.5 Å². The first kappa shape index (κ1) is 9.79. The summed E-state index contributed by atoms with van der Waals surface area (Å²) in [7, 11) is 0. The third-order valence-corrected chi connectivity index (χ3v) is 2.68. The Labute approximate surface area is 89.1 Å². The molecule has 0 aliphatic carbocycles. The van der Waals surface area contributed by atoms with Crippen LogP contribution in [0.5, 0.6) is 0 Å². The van der Waals surface area contributed by atoms with Crippen molar-refractivity contribution < 1.29 is 4.42 Å². The standard InChI is InChI=1S/C13H13NO/c1-9-12(13(2,3)8-14)10-6-4-5-7-11(10)15-9/h4-7H,1-3H3. The van der Waals surface area contributed by atoms with E-state index in [0.717, 1.165) is 22.3 Å². The van der Waals surface area contributed by atoms with Gasteiger partial charge in [0.2, 0.25) is 0 Å². The van der Waals surface area contributed by atoms with Gasteiger partial charge in [0.15, 0.2) is 0 Å². The topological polar surface area (TPSA) is 36.9 Å². The van der Waals surface area contributed by atoms with Gasteiger partial charge in [0.1, 0.15) is 11.3 Å². The van der Waals surface area contributed by atoms with E-state index in [1.807, 2.05) is 45.0 Å². The van der Waals surface area contributed by atoms with Crippen LogP contribution in [0.2, 0.25) is 0 Å². The van der Waals surface area contributed by atoms with Gasteiger partial charge >= 0.3 is 0 Å². The predicted molar refractivity (Wildman–Crippen MR) is 59.6 cm³/mol. The highest BCUT2D eigenvalue weighted by atomic mass is 16.3. The molecule has 0 aliphatic heterocycles. The first-order valence-corrected chi connectivity index (χ1v) is 4.96. The molecule has 2 nitrogen and oxygen atoms in total. The van der Waals surface area contributed by atoms with E-state index in [-0.39, 0.29) is 0 Å². The zero-order chi connectivity index (χ0) is 11.1. The van der Waals surface area contributed by atoms with Crippen LogP contribution in [0.3, 0.4) is 0 Å². The molecular formula is C13H13NO. The van der Waals surface area contributed by atoms with Crippen molar-refractivity contribution in [1.82, 2.24) is 0 Å². The molecule has 1 aromatic carbocycles. The summed E-state index contributed by atoms with van der Waals surface area (Å²) < 4.78 is 5.64. The summed E-state index contributed by atoms with van der Waals surface area (Å²) in [6.45, 7) is 5.74. The minimum atomic E-state index is -0.503. The quantitative estimate of drug-likeness (QED) is 0.704. The van der Waals surface area contributed by atoms with Crippen molar-refractivity contribution in [2.24, 2.45) is 0 Å². The zero-order valence-corrected chi connectivity index (χ0v) is 9.16. The Balaban J connectivity index is 2.82. The van der Waals surface area contributed by atoms with Gasteiger partial charge in [-0.25, -0.2) is 0 Å². The Bertz CT molecular complexity index is 543. The zero-order valence-electron chi connectivity index (χ0n) is 9.16. The molecule has 0 N–H and O–H groups in total. The van der Waals surface area contributed by atoms with Crippen LogP contribution < -0.4 is 0 Å². The van der Waals surface area contributed by atoms with E-state index >= 15 is 0 Å². The van der Waals surface area contributed by atoms with E-state index in [4.69, 9.17) is 9.68 Å². The maximum Gasteiger partial charge on any atom is 0.134 e. The van der Waals surface area contributed by atoms with Crippen molar-refractivity contribution in [3.8, 4) is 6.07 Å². The van der Waals surface area contributed by atoms with Crippen LogP contribution >= 0.6 is 0 Å². The summed E-state index contributed by atoms with van der Waals surface area (Å²) in [6, 6.07) is 10.2. The highest BCUT2D eigenvalue weighted by Gasteiger charge is 2.27. The maximum absolute atomic E-state index is 9.16. The second-order valence-corrected chi connectivity index (χ2v) is 4.27. The van der Waals surface area contributed by atoms with E-state index in [1.54, 1.807) is 0 Å². The normalized spacial score (nSPS) is 11.6. The van der Waals surface area contributed by atoms with Gasteiger partial charge in [0, 0.05) is 10.9 Å². The summed E-state index contributed by atoms with van der Waals surface area (Å²) in [5.74, 6) is 0.836. The van der Waals surface area contributed by atoms with Gasteiger partial charge < -0.3 is 4.42 Å². The molecule has 0 spiro atoms. The Morgan fingerprint density at radius 1 is 1.27 bits per heavy atom. The Morgan fingerprint density at radius 3 is 2.60 bits per heavy atom. The summed E-state index contributed by atoms with van der Waals surface area (Å²) in [6.07, 6.45) is 0. The number of rotatable bonds is 1. The molecule has 0 unspecified atom stereocenters. The SMILES string of the molecule is Cc1oc2ccccc2c1C(C)(C)C#N. The summed E-state index contributed by atoms with van der Waals surface area (Å²) >= 11 is 0. The summed E-state index contributed by atoms with van der Waals surface area (Å²) in [5.41, 5.74) is 1.35. The number of benzene rings is 1. The Kier molecular flexibility index (Phi) is 2.04. The highest BCUT2D eigenvalue weighted by Crippen LogP contribution is 2.34. The van der Waals surface area contributed by atoms with Crippen LogP contribution in [0.4, 0.5) is 0 Å². The van der Waals surface area contributed by atoms with E-state index in [1.165, 1.54) is 0 Å². The van der Waals surface area contributed by atoms with E-state index in [9.17, 15) is 0 Å². The lowest BCUT2D eigenvalue weighted by atomic mass is 9.84. The molecule has 0 amide bonds. The van der Waals surface area contributed by atoms with Crippen molar-refractivity contribution in [3.05, 3.63) is 35.6 Å². The van der Waals surface area contributed by atoms with Gasteiger partial charge in [-0.3, -0.25) is 0 Å². The second kappa shape index (κ2) is 3.13. The molecule has 2 heteroatoms. The molecule has 1 heterocycles. The Morgan fingerprint density at radius 2 is 1.93 bits per heavy atom. The second-order valence-electron chi connectivity index (χ2n) is 4.27. The van der Waals surface area contributed by atoms with Crippen LogP contribution in [0.1, 0.15) is 25.2 Å². The molecule has 76 valence electrons. The highest BCUT2D eigenvalue weighted by molar-refractivity contribution is 5.83. The molecule has 2 rings (SSSR count). The summed E-state index contributed by atoms with van der Waals surface area (Å²) in [4.78, 5) is 0. The molecule has 0 atom stereocenters. The molecule has 0 aliphatic rings. The number of nitrogens with zero attached hydrogens (tertiary/aromatic N) is 1. The van der Waals surface area contributed by atoms with Gasteiger partial charge in [-0.2, -0.15) is 5.26 Å². The molecule has 0 radical (unpaired) electrons. The van der Waals surface area contributed by atoms with Crippen molar-refractivity contribution in [1.29, 1.82) is 5.26 Å². The van der Waals surface area contributed by atoms with Gasteiger partial charge in [-0.05, 0) is 26.8 Å². The van der Waals surface area contributed by atoms with Crippen molar-refractivity contribution in [2.75, 3.05) is 0 Å². The van der Waals surface area contributed by atoms with Crippen LogP contribution in [0.25, 0.3) is 11.0 Å². The average molecular weight is 199 g/mol. The monoisotopic (exact) mass is 199 g/mol. The minimum Gasteiger partial charge on any atom is -0.461 e. The fourth-order valence-corrected chi connectivity index (χ4v) is 2.00. The Hall–Kier alpha value is -1.75. The van der Waals surface area contributed by atoms with E-state index in [2.05, 4.69) is 6.07 Å². The molecule has 2 aromatic rings. The lowest BCUT2D eigenvalue weighted by Crippen LogP contribution is -2.14. The number of aryl methyl sites for hydroxylation is 1. The van der Waals surface area contributed by atoms with Crippen LogP contribution in [-0.4, -0.2) is 0 Å². The molecule has 0 saturated carbocycles. The molecule has 0 fully saturated rings. The third-order valence-electron chi connectivity index (χ3n) is 2.68. The van der Waals surface area contributed by atoms with E-state index in [0.29, 0.717) is 0 Å². The van der Waals surface area contributed by atoms with Gasteiger partial charge in [-0.1, -0.05) is 18.2 Å². The number of nitriles is 1. The molecule has 0 saturated heterocycles. The van der Waals surface area contributed by atoms with Crippen LogP contribution in [-0.2, 0) is 5.41 Å². The van der Waals surface area contributed by atoms with Crippen LogP contribution in [0, 0.1) is 18.3 Å². The number of hydrogen-bond donors (Lipinski definition) is 0. The number of hydrogen-bond acceptors (Lipinski definition) is 2. The number of para-hydroxylation sites is 1. The van der Waals surface area contributed by atoms with Crippen LogP contribution in [0.15, 0.2) is 28.7 Å². The van der Waals surface area contributed by atoms with E-state index < -0.39 is 5.41 Å². The van der Waals surface area contributed by atoms with Crippen molar-refractivity contribution in [3.63, 3.8) is 0 Å². The smallest absolute Gasteiger partial charge is 0.134 e. The number of furan rings is 1. The molecule has 1 aromatic heterocycles. The fourth-order valence-electron chi connectivity index (χ4n) is 2.00. The fraction of sp³-hybridized carbons (Fsp3) is 0.308. The molecule has 0 bridgehead atoms. The average Bonchev–Trinajstić information content (AvgIpc) is 2.54.